The van der Waals surface area contributed by atoms with Crippen LogP contribution < -0.4 is 29.5 Å². The van der Waals surface area contributed by atoms with E-state index in [4.69, 9.17) is 6.42 Å². The average Bonchev–Trinajstić information content (AvgIpc) is 2.46. The first-order valence-corrected chi connectivity index (χ1v) is 6.26. The van der Waals surface area contributed by atoms with Crippen LogP contribution in [0.5, 0.6) is 0 Å². The third kappa shape index (κ3) is 3.29. The van der Waals surface area contributed by atoms with Crippen molar-refractivity contribution in [2.24, 2.45) is 22.0 Å². The molecular formula is C14H17IN3O2-. The number of hydrogen-bond acceptors (Lipinski definition) is 4. The molecule has 0 aromatic carbocycles. The minimum Gasteiger partial charge on any atom is -1.00 e. The zero-order valence-electron chi connectivity index (χ0n) is 11.2. The minimum atomic E-state index is -0.104. The Bertz CT molecular complexity index is 517. The number of hydrogen-bond donors (Lipinski definition) is 2. The molecule has 108 valence electrons. The van der Waals surface area contributed by atoms with Crippen LogP contribution in [0, 0.1) is 29.4 Å². The Morgan fingerprint density at radius 2 is 2.35 bits per heavy atom. The number of nitrogens with two attached hydrogens (primary N) is 1. The molecule has 3 atom stereocenters. The number of oxime groups is 1. The molecule has 2 aliphatic rings. The Morgan fingerprint density at radius 1 is 1.60 bits per heavy atom. The van der Waals surface area contributed by atoms with Crippen LogP contribution in [0.25, 0.3) is 0 Å². The highest BCUT2D eigenvalue weighted by Crippen LogP contribution is 2.32. The molecule has 20 heavy (non-hydrogen) atoms. The molecule has 0 radical (unpaired) electrons. The third-order valence-corrected chi connectivity index (χ3v) is 3.69. The highest BCUT2D eigenvalue weighted by molar-refractivity contribution is 6.50. The zero-order valence-corrected chi connectivity index (χ0v) is 13.3. The quantitative estimate of drug-likeness (QED) is 0.186. The van der Waals surface area contributed by atoms with Crippen LogP contribution in [-0.4, -0.2) is 22.7 Å². The van der Waals surface area contributed by atoms with Crippen molar-refractivity contribution < 1.29 is 34.7 Å². The number of allylic oxidation sites excluding steroid dienone is 2. The predicted octanol–water partition coefficient (Wildman–Crippen LogP) is -2.18. The lowest BCUT2D eigenvalue weighted by molar-refractivity contribution is -0.628. The van der Waals surface area contributed by atoms with Crippen LogP contribution in [-0.2, 0) is 0 Å². The van der Waals surface area contributed by atoms with E-state index in [9.17, 15) is 10.4 Å². The molecule has 0 aromatic heterocycles. The van der Waals surface area contributed by atoms with E-state index in [2.05, 4.69) is 22.1 Å². The Balaban J connectivity index is 0.00000200. The fraction of sp³-hybridized carbons (Fsp3) is 0.429. The van der Waals surface area contributed by atoms with Crippen molar-refractivity contribution in [3.8, 4) is 12.3 Å². The highest BCUT2D eigenvalue weighted by Gasteiger charge is 2.34. The summed E-state index contributed by atoms with van der Waals surface area (Å²) >= 11 is 0. The molecule has 3 N–H and O–H groups in total. The SMILES string of the molecule is C#CC1=NC=C(C)C(C2C=CCC([NH2+][O-])C2)C1=NO.[I-]. The van der Waals surface area contributed by atoms with E-state index in [1.165, 1.54) is 0 Å². The number of nitrogens with zero attached hydrogens (tertiary/aromatic N) is 2. The van der Waals surface area contributed by atoms with E-state index in [0.29, 0.717) is 11.4 Å². The van der Waals surface area contributed by atoms with Crippen LogP contribution in [0.15, 0.2) is 34.1 Å². The zero-order chi connectivity index (χ0) is 13.8. The molecule has 0 aromatic rings. The summed E-state index contributed by atoms with van der Waals surface area (Å²) in [5.74, 6) is 2.45. The van der Waals surface area contributed by atoms with E-state index in [1.807, 2.05) is 13.0 Å². The summed E-state index contributed by atoms with van der Waals surface area (Å²) in [5, 5.41) is 23.5. The van der Waals surface area contributed by atoms with Gasteiger partial charge in [-0.25, -0.2) is 4.99 Å². The van der Waals surface area contributed by atoms with Gasteiger partial charge in [-0.05, 0) is 24.3 Å². The van der Waals surface area contributed by atoms with E-state index >= 15 is 0 Å². The maximum atomic E-state index is 11.0. The first-order valence-electron chi connectivity index (χ1n) is 6.26. The van der Waals surface area contributed by atoms with E-state index < -0.39 is 0 Å². The van der Waals surface area contributed by atoms with Gasteiger partial charge < -0.3 is 39.9 Å². The third-order valence-electron chi connectivity index (χ3n) is 3.69. The van der Waals surface area contributed by atoms with Gasteiger partial charge in [0.1, 0.15) is 11.4 Å². The summed E-state index contributed by atoms with van der Waals surface area (Å²) in [6, 6.07) is 0.0240. The molecule has 5 nitrogen and oxygen atoms in total. The highest BCUT2D eigenvalue weighted by atomic mass is 127. The molecular weight excluding hydrogens is 369 g/mol. The van der Waals surface area contributed by atoms with Gasteiger partial charge in [0.2, 0.25) is 0 Å². The monoisotopic (exact) mass is 386 g/mol. The molecule has 2 rings (SSSR count). The van der Waals surface area contributed by atoms with Crippen molar-refractivity contribution in [3.63, 3.8) is 0 Å². The normalized spacial score (nSPS) is 31.1. The summed E-state index contributed by atoms with van der Waals surface area (Å²) < 4.78 is 0. The van der Waals surface area contributed by atoms with Crippen LogP contribution >= 0.6 is 0 Å². The molecule has 0 spiro atoms. The summed E-state index contributed by atoms with van der Waals surface area (Å²) in [6.07, 6.45) is 12.7. The Hall–Kier alpha value is -1.17. The molecule has 0 amide bonds. The summed E-state index contributed by atoms with van der Waals surface area (Å²) in [7, 11) is 0. The van der Waals surface area contributed by atoms with Crippen LogP contribution in [0.3, 0.4) is 0 Å². The molecule has 3 unspecified atom stereocenters. The minimum absolute atomic E-state index is 0. The van der Waals surface area contributed by atoms with Crippen molar-refractivity contribution in [1.82, 2.24) is 0 Å². The van der Waals surface area contributed by atoms with E-state index in [1.54, 1.807) is 6.20 Å². The number of aliphatic imine (C=N–C) groups is 1. The Morgan fingerprint density at radius 3 is 2.95 bits per heavy atom. The topological polar surface area (TPSA) is 84.6 Å². The lowest BCUT2D eigenvalue weighted by atomic mass is 9.75. The second-order valence-corrected chi connectivity index (χ2v) is 4.92. The van der Waals surface area contributed by atoms with E-state index in [0.717, 1.165) is 23.9 Å². The van der Waals surface area contributed by atoms with Crippen molar-refractivity contribution in [2.75, 3.05) is 0 Å². The molecule has 0 bridgehead atoms. The second-order valence-electron chi connectivity index (χ2n) is 4.92. The summed E-state index contributed by atoms with van der Waals surface area (Å²) in [5.41, 5.74) is 2.76. The van der Waals surface area contributed by atoms with Gasteiger partial charge in [0.05, 0.1) is 6.04 Å². The van der Waals surface area contributed by atoms with E-state index in [-0.39, 0.29) is 41.9 Å². The Kier molecular flexibility index (Phi) is 6.39. The van der Waals surface area contributed by atoms with Gasteiger partial charge in [-0.15, -0.1) is 6.42 Å². The summed E-state index contributed by atoms with van der Waals surface area (Å²) in [4.78, 5) is 4.10. The summed E-state index contributed by atoms with van der Waals surface area (Å²) in [6.45, 7) is 1.94. The predicted molar refractivity (Wildman–Crippen MR) is 73.7 cm³/mol. The largest absolute Gasteiger partial charge is 1.00 e. The maximum Gasteiger partial charge on any atom is 0.138 e. The first-order chi connectivity index (χ1) is 9.21. The average molecular weight is 386 g/mol. The molecule has 1 aliphatic carbocycles. The molecule has 1 heterocycles. The molecule has 0 saturated heterocycles. The lowest BCUT2D eigenvalue weighted by Gasteiger charge is -2.32. The van der Waals surface area contributed by atoms with Gasteiger partial charge in [-0.1, -0.05) is 17.3 Å². The molecule has 6 heteroatoms. The van der Waals surface area contributed by atoms with Crippen molar-refractivity contribution in [2.45, 2.75) is 25.8 Å². The molecule has 0 fully saturated rings. The van der Waals surface area contributed by atoms with Gasteiger partial charge in [0.25, 0.3) is 0 Å². The number of halogens is 1. The smallest absolute Gasteiger partial charge is 0.138 e. The first kappa shape index (κ1) is 16.9. The standard InChI is InChI=1S/C14H17N3O2.HI/c1-3-12-14(17-19)13(9(2)8-15-12)10-5-4-6-11(7-10)16-18;/h1,4-5,8,10-11,13,19H,6-7,16H2,2H3;1H/p-1. The number of rotatable bonds is 2. The molecule has 0 saturated carbocycles. The van der Waals surface area contributed by atoms with Gasteiger partial charge >= 0.3 is 0 Å². The number of quaternary nitrogens is 1. The van der Waals surface area contributed by atoms with Crippen LogP contribution in [0.4, 0.5) is 0 Å². The van der Waals surface area contributed by atoms with Crippen LogP contribution in [0.2, 0.25) is 0 Å². The number of terminal acetylenes is 1. The fourth-order valence-electron chi connectivity index (χ4n) is 2.75. The van der Waals surface area contributed by atoms with Crippen LogP contribution in [0.1, 0.15) is 19.8 Å². The van der Waals surface area contributed by atoms with Crippen molar-refractivity contribution in [3.05, 3.63) is 29.1 Å². The Labute approximate surface area is 135 Å². The fourth-order valence-corrected chi connectivity index (χ4v) is 2.75. The van der Waals surface area contributed by atoms with Gasteiger partial charge in [-0.3, -0.25) is 0 Å². The van der Waals surface area contributed by atoms with Crippen molar-refractivity contribution in [1.29, 1.82) is 0 Å². The van der Waals surface area contributed by atoms with Gasteiger partial charge in [-0.2, -0.15) is 0 Å². The number of hydroxylamine groups is 1. The maximum absolute atomic E-state index is 11.0. The van der Waals surface area contributed by atoms with Gasteiger partial charge in [0.15, 0.2) is 0 Å². The second kappa shape index (κ2) is 7.57. The lowest BCUT2D eigenvalue weighted by Crippen LogP contribution is -3.00. The molecule has 1 aliphatic heterocycles. The van der Waals surface area contributed by atoms with Gasteiger partial charge in [0, 0.05) is 25.0 Å². The van der Waals surface area contributed by atoms with Crippen molar-refractivity contribution >= 4 is 11.4 Å².